The lowest BCUT2D eigenvalue weighted by Crippen LogP contribution is -2.35. The maximum Gasteiger partial charge on any atom is 0.274 e. The predicted octanol–water partition coefficient (Wildman–Crippen LogP) is 2.42. The summed E-state index contributed by atoms with van der Waals surface area (Å²) in [5, 5.41) is 8.96. The standard InChI is InChI=1S/C15H17NO3S2/c1-11-10-12-4-2-3-5-14(12)16(11)21(18,19)15-7-6-13(20-15)8-9-17/h2-7,11,17H,8-10H2,1H3. The molecule has 1 N–H and O–H groups in total. The van der Waals surface area contributed by atoms with Crippen molar-refractivity contribution in [3.05, 3.63) is 46.8 Å². The third-order valence-corrected chi connectivity index (χ3v) is 7.19. The minimum Gasteiger partial charge on any atom is -0.396 e. The Bertz CT molecular complexity index is 752. The van der Waals surface area contributed by atoms with Crippen LogP contribution in [0.4, 0.5) is 5.69 Å². The smallest absolute Gasteiger partial charge is 0.274 e. The quantitative estimate of drug-likeness (QED) is 0.940. The third-order valence-electron chi connectivity index (χ3n) is 3.65. The van der Waals surface area contributed by atoms with Crippen LogP contribution in [0.15, 0.2) is 40.6 Å². The van der Waals surface area contributed by atoms with E-state index >= 15 is 0 Å². The van der Waals surface area contributed by atoms with Crippen molar-refractivity contribution in [2.75, 3.05) is 10.9 Å². The van der Waals surface area contributed by atoms with Gasteiger partial charge < -0.3 is 5.11 Å². The Morgan fingerprint density at radius 2 is 2.05 bits per heavy atom. The Balaban J connectivity index is 2.01. The predicted molar refractivity (Wildman–Crippen MR) is 84.4 cm³/mol. The molecule has 112 valence electrons. The molecule has 1 atom stereocenters. The summed E-state index contributed by atoms with van der Waals surface area (Å²) >= 11 is 1.24. The summed E-state index contributed by atoms with van der Waals surface area (Å²) in [6.45, 7) is 1.96. The molecule has 3 rings (SSSR count). The van der Waals surface area contributed by atoms with Crippen LogP contribution in [0.1, 0.15) is 17.4 Å². The molecule has 1 unspecified atom stereocenters. The van der Waals surface area contributed by atoms with Gasteiger partial charge in [-0.05, 0) is 37.1 Å². The summed E-state index contributed by atoms with van der Waals surface area (Å²) < 4.78 is 27.7. The van der Waals surface area contributed by atoms with Crippen molar-refractivity contribution < 1.29 is 13.5 Å². The van der Waals surface area contributed by atoms with Gasteiger partial charge in [-0.2, -0.15) is 0 Å². The number of aliphatic hydroxyl groups excluding tert-OH is 1. The largest absolute Gasteiger partial charge is 0.396 e. The van der Waals surface area contributed by atoms with Crippen LogP contribution in [0.5, 0.6) is 0 Å². The lowest BCUT2D eigenvalue weighted by molar-refractivity contribution is 0.300. The number of thiophene rings is 1. The summed E-state index contributed by atoms with van der Waals surface area (Å²) in [6, 6.07) is 11.0. The first-order valence-electron chi connectivity index (χ1n) is 6.86. The van der Waals surface area contributed by atoms with Gasteiger partial charge in [-0.3, -0.25) is 4.31 Å². The topological polar surface area (TPSA) is 57.6 Å². The van der Waals surface area contributed by atoms with Gasteiger partial charge in [0.25, 0.3) is 10.0 Å². The molecule has 0 aliphatic carbocycles. The molecule has 1 aromatic heterocycles. The Labute approximate surface area is 128 Å². The van der Waals surface area contributed by atoms with Gasteiger partial charge in [-0.1, -0.05) is 18.2 Å². The highest BCUT2D eigenvalue weighted by molar-refractivity contribution is 7.94. The minimum absolute atomic E-state index is 0.0307. The number of hydrogen-bond donors (Lipinski definition) is 1. The van der Waals surface area contributed by atoms with Gasteiger partial charge in [0.05, 0.1) is 5.69 Å². The Hall–Kier alpha value is -1.37. The first-order valence-corrected chi connectivity index (χ1v) is 9.11. The molecule has 0 amide bonds. The normalized spacial score (nSPS) is 18.0. The van der Waals surface area contributed by atoms with Gasteiger partial charge >= 0.3 is 0 Å². The highest BCUT2D eigenvalue weighted by Crippen LogP contribution is 2.38. The van der Waals surface area contributed by atoms with Gasteiger partial charge in [0, 0.05) is 23.9 Å². The lowest BCUT2D eigenvalue weighted by Gasteiger charge is -2.23. The number of anilines is 1. The van der Waals surface area contributed by atoms with Crippen molar-refractivity contribution in [2.24, 2.45) is 0 Å². The number of fused-ring (bicyclic) bond motifs is 1. The second-order valence-electron chi connectivity index (χ2n) is 5.18. The molecule has 2 heterocycles. The third kappa shape index (κ3) is 2.47. The summed E-state index contributed by atoms with van der Waals surface area (Å²) in [6.07, 6.45) is 1.23. The summed E-state index contributed by atoms with van der Waals surface area (Å²) in [5.41, 5.74) is 1.85. The Kier molecular flexibility index (Phi) is 3.77. The SMILES string of the molecule is CC1Cc2ccccc2N1S(=O)(=O)c1ccc(CCO)s1. The zero-order chi connectivity index (χ0) is 15.0. The fourth-order valence-corrected chi connectivity index (χ4v) is 5.87. The van der Waals surface area contributed by atoms with Crippen LogP contribution < -0.4 is 4.31 Å². The van der Waals surface area contributed by atoms with Crippen LogP contribution in [0.25, 0.3) is 0 Å². The van der Waals surface area contributed by atoms with Crippen LogP contribution >= 0.6 is 11.3 Å². The van der Waals surface area contributed by atoms with Gasteiger partial charge in [0.1, 0.15) is 4.21 Å². The van der Waals surface area contributed by atoms with Crippen molar-refractivity contribution >= 4 is 27.0 Å². The molecule has 0 spiro atoms. The van der Waals surface area contributed by atoms with Crippen molar-refractivity contribution in [1.82, 2.24) is 0 Å². The lowest BCUT2D eigenvalue weighted by atomic mass is 10.1. The monoisotopic (exact) mass is 323 g/mol. The fourth-order valence-electron chi connectivity index (χ4n) is 2.74. The molecule has 21 heavy (non-hydrogen) atoms. The number of nitrogens with zero attached hydrogens (tertiary/aromatic N) is 1. The molecule has 4 nitrogen and oxygen atoms in total. The second-order valence-corrected chi connectivity index (χ2v) is 8.39. The van der Waals surface area contributed by atoms with E-state index in [0.717, 1.165) is 22.5 Å². The highest BCUT2D eigenvalue weighted by atomic mass is 32.2. The summed E-state index contributed by atoms with van der Waals surface area (Å²) in [5.74, 6) is 0. The van der Waals surface area contributed by atoms with E-state index in [-0.39, 0.29) is 12.6 Å². The Morgan fingerprint density at radius 3 is 2.81 bits per heavy atom. The number of hydrogen-bond acceptors (Lipinski definition) is 4. The van der Waals surface area contributed by atoms with Crippen molar-refractivity contribution in [1.29, 1.82) is 0 Å². The number of aliphatic hydroxyl groups is 1. The van der Waals surface area contributed by atoms with Crippen LogP contribution in [0, 0.1) is 0 Å². The molecule has 6 heteroatoms. The van der Waals surface area contributed by atoms with E-state index in [1.165, 1.54) is 15.6 Å². The van der Waals surface area contributed by atoms with Crippen molar-refractivity contribution in [3.8, 4) is 0 Å². The van der Waals surface area contributed by atoms with Gasteiger partial charge in [0.2, 0.25) is 0 Å². The van der Waals surface area contributed by atoms with E-state index in [4.69, 9.17) is 5.11 Å². The maximum atomic E-state index is 12.9. The van der Waals surface area contributed by atoms with Gasteiger partial charge in [-0.25, -0.2) is 8.42 Å². The summed E-state index contributed by atoms with van der Waals surface area (Å²) in [7, 11) is -3.53. The molecule has 1 aromatic carbocycles. The van der Waals surface area contributed by atoms with E-state index in [0.29, 0.717) is 10.6 Å². The molecular weight excluding hydrogens is 306 g/mol. The van der Waals surface area contributed by atoms with E-state index in [1.54, 1.807) is 12.1 Å². The molecule has 0 fully saturated rings. The van der Waals surface area contributed by atoms with E-state index in [2.05, 4.69) is 0 Å². The van der Waals surface area contributed by atoms with E-state index in [1.807, 2.05) is 31.2 Å². The van der Waals surface area contributed by atoms with Crippen LogP contribution in [-0.4, -0.2) is 26.2 Å². The molecule has 0 radical (unpaired) electrons. The molecule has 0 saturated heterocycles. The van der Waals surface area contributed by atoms with Crippen LogP contribution in [-0.2, 0) is 22.9 Å². The van der Waals surface area contributed by atoms with Gasteiger partial charge in [0.15, 0.2) is 0 Å². The second kappa shape index (κ2) is 5.44. The fraction of sp³-hybridized carbons (Fsp3) is 0.333. The molecule has 2 aromatic rings. The average Bonchev–Trinajstić information content (AvgIpc) is 3.02. The highest BCUT2D eigenvalue weighted by Gasteiger charge is 2.36. The number of para-hydroxylation sites is 1. The first kappa shape index (κ1) is 14.6. The van der Waals surface area contributed by atoms with E-state index < -0.39 is 10.0 Å². The van der Waals surface area contributed by atoms with Crippen molar-refractivity contribution in [2.45, 2.75) is 30.0 Å². The average molecular weight is 323 g/mol. The molecule has 1 aliphatic heterocycles. The minimum atomic E-state index is -3.53. The van der Waals surface area contributed by atoms with Crippen LogP contribution in [0.3, 0.4) is 0 Å². The number of rotatable bonds is 4. The zero-order valence-electron chi connectivity index (χ0n) is 11.7. The van der Waals surface area contributed by atoms with Gasteiger partial charge in [-0.15, -0.1) is 11.3 Å². The Morgan fingerprint density at radius 1 is 1.29 bits per heavy atom. The zero-order valence-corrected chi connectivity index (χ0v) is 13.3. The number of sulfonamides is 1. The van der Waals surface area contributed by atoms with E-state index in [9.17, 15) is 8.42 Å². The van der Waals surface area contributed by atoms with Crippen LogP contribution in [0.2, 0.25) is 0 Å². The molecular formula is C15H17NO3S2. The molecule has 0 saturated carbocycles. The molecule has 0 bridgehead atoms. The maximum absolute atomic E-state index is 12.9. The summed E-state index contributed by atoms with van der Waals surface area (Å²) in [4.78, 5) is 0.885. The van der Waals surface area contributed by atoms with Crippen molar-refractivity contribution in [3.63, 3.8) is 0 Å². The molecule has 1 aliphatic rings. The number of benzene rings is 1. The first-order chi connectivity index (χ1) is 10.0.